The van der Waals surface area contributed by atoms with Crippen molar-refractivity contribution in [1.82, 2.24) is 5.32 Å². The second kappa shape index (κ2) is 10.9. The molecule has 1 aliphatic heterocycles. The maximum atomic E-state index is 13.0. The van der Waals surface area contributed by atoms with Crippen molar-refractivity contribution in [2.24, 2.45) is 0 Å². The van der Waals surface area contributed by atoms with E-state index >= 15 is 0 Å². The standard InChI is InChI=1S/C25H25N3O5S.ClH/c1-16(18-5-3-2-4-6-18)27-25(31)28-23-10-9-21(12-22(23)24(29)30)34(32,33)15-17-7-8-19-13-26-14-20(19)11-17;/h2-12,16,26H,13-15H2,1H3,(H,29,30)(H2,27,28,31);1H. The summed E-state index contributed by atoms with van der Waals surface area (Å²) in [5, 5.41) is 17.1. The van der Waals surface area contributed by atoms with Crippen LogP contribution in [-0.4, -0.2) is 25.5 Å². The monoisotopic (exact) mass is 515 g/mol. The van der Waals surface area contributed by atoms with E-state index in [2.05, 4.69) is 16.0 Å². The summed E-state index contributed by atoms with van der Waals surface area (Å²) in [5.41, 5.74) is 3.58. The van der Waals surface area contributed by atoms with Gasteiger partial charge in [-0.2, -0.15) is 0 Å². The molecule has 10 heteroatoms. The fourth-order valence-corrected chi connectivity index (χ4v) is 5.38. The minimum Gasteiger partial charge on any atom is -1.00 e. The third-order valence-corrected chi connectivity index (χ3v) is 7.52. The van der Waals surface area contributed by atoms with Gasteiger partial charge >= 0.3 is 12.0 Å². The van der Waals surface area contributed by atoms with E-state index in [1.165, 1.54) is 17.7 Å². The Balaban J connectivity index is 0.00000342. The number of amides is 2. The van der Waals surface area contributed by atoms with E-state index in [4.69, 9.17) is 0 Å². The van der Waals surface area contributed by atoms with Gasteiger partial charge in [-0.15, -0.1) is 0 Å². The number of nitrogens with one attached hydrogen (secondary N) is 2. The van der Waals surface area contributed by atoms with Crippen LogP contribution in [0.1, 0.15) is 45.6 Å². The molecule has 0 saturated heterocycles. The first-order chi connectivity index (χ1) is 16.2. The Morgan fingerprint density at radius 3 is 2.43 bits per heavy atom. The molecule has 0 aliphatic carbocycles. The average molecular weight is 516 g/mol. The lowest BCUT2D eigenvalue weighted by atomic mass is 10.1. The zero-order valence-electron chi connectivity index (χ0n) is 19.0. The maximum Gasteiger partial charge on any atom is 0.337 e. The number of hydrogen-bond acceptors (Lipinski definition) is 4. The van der Waals surface area contributed by atoms with Crippen molar-refractivity contribution >= 4 is 27.5 Å². The van der Waals surface area contributed by atoms with Crippen LogP contribution in [0.2, 0.25) is 0 Å². The molecule has 0 fully saturated rings. The molecule has 1 atom stereocenters. The van der Waals surface area contributed by atoms with Crippen molar-refractivity contribution in [3.05, 3.63) is 94.5 Å². The molecule has 1 aliphatic rings. The highest BCUT2D eigenvalue weighted by molar-refractivity contribution is 7.90. The summed E-state index contributed by atoms with van der Waals surface area (Å²) in [6, 6.07) is 17.8. The molecule has 0 radical (unpaired) electrons. The van der Waals surface area contributed by atoms with Crippen molar-refractivity contribution in [3.8, 4) is 0 Å². The third kappa shape index (κ3) is 6.19. The summed E-state index contributed by atoms with van der Waals surface area (Å²) >= 11 is 0. The van der Waals surface area contributed by atoms with Crippen LogP contribution in [0.3, 0.4) is 0 Å². The molecule has 8 nitrogen and oxygen atoms in total. The molecule has 5 N–H and O–H groups in total. The quantitative estimate of drug-likeness (QED) is 0.347. The minimum atomic E-state index is -3.79. The van der Waals surface area contributed by atoms with Gasteiger partial charge in [-0.1, -0.05) is 42.5 Å². The van der Waals surface area contributed by atoms with Gasteiger partial charge in [-0.25, -0.2) is 18.0 Å². The van der Waals surface area contributed by atoms with Crippen LogP contribution in [-0.2, 0) is 28.7 Å². The molecule has 3 aromatic rings. The number of halogens is 1. The zero-order valence-corrected chi connectivity index (χ0v) is 20.6. The number of benzene rings is 3. The number of quaternary nitrogens is 1. The Bertz CT molecular complexity index is 1350. The number of fused-ring (bicyclic) bond motifs is 1. The van der Waals surface area contributed by atoms with Gasteiger partial charge in [-0.3, -0.25) is 0 Å². The number of rotatable bonds is 7. The van der Waals surface area contributed by atoms with Gasteiger partial charge in [0.2, 0.25) is 0 Å². The predicted octanol–water partition coefficient (Wildman–Crippen LogP) is -0.178. The number of aromatic carboxylic acids is 1. The van der Waals surface area contributed by atoms with E-state index in [-0.39, 0.29) is 40.3 Å². The molecular formula is C25H26ClN3O5S. The summed E-state index contributed by atoms with van der Waals surface area (Å²) < 4.78 is 26.0. The molecule has 184 valence electrons. The van der Waals surface area contributed by atoms with E-state index in [9.17, 15) is 23.1 Å². The first kappa shape index (κ1) is 26.2. The Morgan fingerprint density at radius 2 is 1.71 bits per heavy atom. The molecule has 1 unspecified atom stereocenters. The van der Waals surface area contributed by atoms with Crippen molar-refractivity contribution < 1.29 is 40.8 Å². The predicted molar refractivity (Wildman–Crippen MR) is 127 cm³/mol. The van der Waals surface area contributed by atoms with Crippen molar-refractivity contribution in [3.63, 3.8) is 0 Å². The van der Waals surface area contributed by atoms with Gasteiger partial charge in [-0.05, 0) is 42.3 Å². The number of carboxylic acid groups (broad SMARTS) is 1. The smallest absolute Gasteiger partial charge is 0.337 e. The van der Waals surface area contributed by atoms with Crippen LogP contribution in [0, 0.1) is 0 Å². The molecular weight excluding hydrogens is 490 g/mol. The number of sulfone groups is 1. The molecule has 2 amide bonds. The highest BCUT2D eigenvalue weighted by Gasteiger charge is 2.22. The molecule has 0 saturated carbocycles. The molecule has 3 aromatic carbocycles. The van der Waals surface area contributed by atoms with Crippen LogP contribution in [0.25, 0.3) is 0 Å². The summed E-state index contributed by atoms with van der Waals surface area (Å²) in [7, 11) is -3.79. The van der Waals surface area contributed by atoms with Crippen molar-refractivity contribution in [2.45, 2.75) is 36.7 Å². The Hall–Kier alpha value is -3.40. The highest BCUT2D eigenvalue weighted by Crippen LogP contribution is 2.25. The van der Waals surface area contributed by atoms with E-state index in [1.807, 2.05) is 42.5 Å². The van der Waals surface area contributed by atoms with E-state index < -0.39 is 21.8 Å². The summed E-state index contributed by atoms with van der Waals surface area (Å²) in [4.78, 5) is 24.2. The second-order valence-corrected chi connectivity index (χ2v) is 10.3. The van der Waals surface area contributed by atoms with Crippen LogP contribution in [0.4, 0.5) is 10.5 Å². The molecule has 1 heterocycles. The van der Waals surface area contributed by atoms with Gasteiger partial charge in [0.25, 0.3) is 0 Å². The van der Waals surface area contributed by atoms with Crippen LogP contribution in [0.5, 0.6) is 0 Å². The molecule has 35 heavy (non-hydrogen) atoms. The van der Waals surface area contributed by atoms with Crippen LogP contribution in [0.15, 0.2) is 71.6 Å². The number of carbonyl (C=O) groups is 2. The Morgan fingerprint density at radius 1 is 1.00 bits per heavy atom. The summed E-state index contributed by atoms with van der Waals surface area (Å²) in [5.74, 6) is -1.57. The largest absolute Gasteiger partial charge is 1.00 e. The maximum absolute atomic E-state index is 13.0. The fourth-order valence-electron chi connectivity index (χ4n) is 4.03. The third-order valence-electron chi connectivity index (χ3n) is 5.83. The second-order valence-electron chi connectivity index (χ2n) is 8.30. The summed E-state index contributed by atoms with van der Waals surface area (Å²) in [6.45, 7) is 3.51. The van der Waals surface area contributed by atoms with Gasteiger partial charge < -0.3 is 33.5 Å². The normalized spacial score (nSPS) is 13.3. The number of nitrogens with two attached hydrogens (primary N) is 1. The van der Waals surface area contributed by atoms with E-state index in [1.54, 1.807) is 13.0 Å². The van der Waals surface area contributed by atoms with Crippen LogP contribution < -0.4 is 28.4 Å². The highest BCUT2D eigenvalue weighted by atomic mass is 35.5. The van der Waals surface area contributed by atoms with E-state index in [0.717, 1.165) is 30.3 Å². The fraction of sp³-hybridized carbons (Fsp3) is 0.200. The topological polar surface area (TPSA) is 129 Å². The molecule has 4 rings (SSSR count). The number of carboxylic acids is 1. The van der Waals surface area contributed by atoms with E-state index in [0.29, 0.717) is 5.56 Å². The first-order valence-corrected chi connectivity index (χ1v) is 12.5. The lowest BCUT2D eigenvalue weighted by molar-refractivity contribution is -0.676. The van der Waals surface area contributed by atoms with Gasteiger partial charge in [0, 0.05) is 11.1 Å². The van der Waals surface area contributed by atoms with Gasteiger partial charge in [0.05, 0.1) is 27.9 Å². The van der Waals surface area contributed by atoms with Crippen molar-refractivity contribution in [2.75, 3.05) is 5.32 Å². The lowest BCUT2D eigenvalue weighted by Crippen LogP contribution is -3.00. The van der Waals surface area contributed by atoms with Gasteiger partial charge in [0.15, 0.2) is 9.84 Å². The molecule has 0 aromatic heterocycles. The number of carbonyl (C=O) groups excluding carboxylic acids is 1. The Kier molecular flexibility index (Phi) is 8.16. The van der Waals surface area contributed by atoms with Crippen molar-refractivity contribution in [1.29, 1.82) is 0 Å². The average Bonchev–Trinajstić information content (AvgIpc) is 3.27. The zero-order chi connectivity index (χ0) is 24.3. The molecule has 0 spiro atoms. The minimum absolute atomic E-state index is 0. The van der Waals surface area contributed by atoms with Gasteiger partial charge in [0.1, 0.15) is 13.1 Å². The SMILES string of the molecule is CC(NC(=O)Nc1ccc(S(=O)(=O)Cc2ccc3c(c2)C[NH2+]C3)cc1C(=O)O)c1ccccc1.[Cl-]. The van der Waals surface area contributed by atoms with Crippen LogP contribution >= 0.6 is 0 Å². The summed E-state index contributed by atoms with van der Waals surface area (Å²) in [6.07, 6.45) is 0. The number of hydrogen-bond donors (Lipinski definition) is 4. The number of urea groups is 1. The Labute approximate surface area is 210 Å². The lowest BCUT2D eigenvalue weighted by Gasteiger charge is -2.16. The number of anilines is 1. The first-order valence-electron chi connectivity index (χ1n) is 10.9. The molecule has 0 bridgehead atoms.